The van der Waals surface area contributed by atoms with Crippen LogP contribution >= 0.6 is 11.6 Å². The van der Waals surface area contributed by atoms with Crippen LogP contribution in [0.25, 0.3) is 0 Å². The molecule has 2 N–H and O–H groups in total. The zero-order valence-corrected chi connectivity index (χ0v) is 12.4. The summed E-state index contributed by atoms with van der Waals surface area (Å²) >= 11 is 5.27. The van der Waals surface area contributed by atoms with Crippen molar-refractivity contribution in [2.45, 2.75) is 39.7 Å². The molecule has 0 saturated carbocycles. The molecule has 1 atom stereocenters. The number of nitrogens with zero attached hydrogens (tertiary/aromatic N) is 1. The van der Waals surface area contributed by atoms with Crippen molar-refractivity contribution < 1.29 is 9.53 Å². The van der Waals surface area contributed by atoms with Crippen LogP contribution in [0.1, 0.15) is 33.6 Å². The van der Waals surface area contributed by atoms with E-state index in [1.54, 1.807) is 0 Å². The van der Waals surface area contributed by atoms with Crippen LogP contribution < -0.4 is 5.73 Å². The average Bonchev–Trinajstić information content (AvgIpc) is 3.18. The molecule has 0 aliphatic carbocycles. The molecule has 0 bridgehead atoms. The summed E-state index contributed by atoms with van der Waals surface area (Å²) in [4.78, 5) is 13.1. The van der Waals surface area contributed by atoms with Crippen molar-refractivity contribution in [3.8, 4) is 0 Å². The number of carbonyl (C=O) groups excluding carboxylic acids is 1. The van der Waals surface area contributed by atoms with Crippen molar-refractivity contribution in [2.24, 2.45) is 5.73 Å². The van der Waals surface area contributed by atoms with Crippen LogP contribution in [-0.4, -0.2) is 42.5 Å². The van der Waals surface area contributed by atoms with Crippen molar-refractivity contribution >= 4 is 17.5 Å². The highest BCUT2D eigenvalue weighted by Gasteiger charge is 2.19. The zero-order chi connectivity index (χ0) is 14.0. The lowest BCUT2D eigenvalue weighted by molar-refractivity contribution is -0.114. The van der Waals surface area contributed by atoms with Crippen molar-refractivity contribution in [1.82, 2.24) is 4.90 Å². The van der Waals surface area contributed by atoms with Gasteiger partial charge in [0.1, 0.15) is 0 Å². The summed E-state index contributed by atoms with van der Waals surface area (Å²) in [5.74, 6) is 0.369. The van der Waals surface area contributed by atoms with Crippen LogP contribution in [-0.2, 0) is 9.53 Å². The predicted molar refractivity (Wildman–Crippen MR) is 75.6 cm³/mol. The maximum absolute atomic E-state index is 11.0. The second-order valence-corrected chi connectivity index (χ2v) is 4.41. The predicted octanol–water partition coefficient (Wildman–Crippen LogP) is 2.12. The standard InChI is InChI=1S/C10H20N2O.C3H5ClO/c1-4-7-9(10(11)13)8-12(5-2)6-3;4-1-3-2-5-3/h8H,4-7H2,1-3H3,(H2,11,13);3H,1-2H2. The van der Waals surface area contributed by atoms with Crippen molar-refractivity contribution in [2.75, 3.05) is 25.6 Å². The fraction of sp³-hybridized carbons (Fsp3) is 0.769. The molecular weight excluding hydrogens is 252 g/mol. The lowest BCUT2D eigenvalue weighted by Crippen LogP contribution is -2.21. The number of alkyl halides is 1. The third-order valence-electron chi connectivity index (χ3n) is 2.56. The summed E-state index contributed by atoms with van der Waals surface area (Å²) in [6.45, 7) is 8.87. The molecule has 5 heteroatoms. The summed E-state index contributed by atoms with van der Waals surface area (Å²) < 4.78 is 4.73. The number of primary amides is 1. The molecule has 0 radical (unpaired) electrons. The van der Waals surface area contributed by atoms with E-state index in [9.17, 15) is 4.79 Å². The minimum absolute atomic E-state index is 0.297. The summed E-state index contributed by atoms with van der Waals surface area (Å²) in [7, 11) is 0. The lowest BCUT2D eigenvalue weighted by atomic mass is 10.1. The Morgan fingerprint density at radius 1 is 1.44 bits per heavy atom. The largest absolute Gasteiger partial charge is 0.378 e. The Balaban J connectivity index is 0.000000473. The minimum Gasteiger partial charge on any atom is -0.378 e. The van der Waals surface area contributed by atoms with E-state index in [0.29, 0.717) is 12.0 Å². The summed E-state index contributed by atoms with van der Waals surface area (Å²) in [6.07, 6.45) is 4.00. The number of nitrogens with two attached hydrogens (primary N) is 1. The highest BCUT2D eigenvalue weighted by Crippen LogP contribution is 2.08. The SMILES string of the molecule is CCCC(=CN(CC)CC)C(N)=O.ClCC1CO1. The van der Waals surface area contributed by atoms with Gasteiger partial charge in [-0.2, -0.15) is 0 Å². The Bertz CT molecular complexity index is 262. The van der Waals surface area contributed by atoms with Crippen LogP contribution in [0.5, 0.6) is 0 Å². The maximum Gasteiger partial charge on any atom is 0.246 e. The number of amides is 1. The summed E-state index contributed by atoms with van der Waals surface area (Å²) in [5, 5.41) is 0. The highest BCUT2D eigenvalue weighted by atomic mass is 35.5. The first-order valence-electron chi connectivity index (χ1n) is 6.51. The van der Waals surface area contributed by atoms with E-state index in [4.69, 9.17) is 22.1 Å². The van der Waals surface area contributed by atoms with Gasteiger partial charge >= 0.3 is 0 Å². The van der Waals surface area contributed by atoms with Gasteiger partial charge in [-0.3, -0.25) is 4.79 Å². The fourth-order valence-electron chi connectivity index (χ4n) is 1.30. The van der Waals surface area contributed by atoms with E-state index in [1.807, 2.05) is 13.1 Å². The molecule has 1 rings (SSSR count). The lowest BCUT2D eigenvalue weighted by Gasteiger charge is -2.16. The van der Waals surface area contributed by atoms with E-state index in [-0.39, 0.29) is 5.91 Å². The molecule has 1 amide bonds. The third kappa shape index (κ3) is 8.37. The number of hydrogen-bond donors (Lipinski definition) is 1. The van der Waals surface area contributed by atoms with E-state index >= 15 is 0 Å². The average molecular weight is 277 g/mol. The quantitative estimate of drug-likeness (QED) is 0.440. The van der Waals surface area contributed by atoms with Gasteiger partial charge in [-0.15, -0.1) is 11.6 Å². The highest BCUT2D eigenvalue weighted by molar-refractivity contribution is 6.18. The molecule has 0 spiro atoms. The number of hydrogen-bond acceptors (Lipinski definition) is 3. The van der Waals surface area contributed by atoms with E-state index in [2.05, 4.69) is 18.7 Å². The van der Waals surface area contributed by atoms with Crippen LogP contribution in [0.15, 0.2) is 11.8 Å². The molecule has 106 valence electrons. The second-order valence-electron chi connectivity index (χ2n) is 4.10. The minimum atomic E-state index is -0.297. The Kier molecular flexibility index (Phi) is 9.79. The van der Waals surface area contributed by atoms with Gasteiger partial charge in [0.25, 0.3) is 0 Å². The zero-order valence-electron chi connectivity index (χ0n) is 11.6. The molecule has 1 saturated heterocycles. The van der Waals surface area contributed by atoms with E-state index in [0.717, 1.165) is 38.1 Å². The van der Waals surface area contributed by atoms with Gasteiger partial charge in [0, 0.05) is 24.9 Å². The number of epoxide rings is 1. The number of rotatable bonds is 7. The normalized spacial score (nSPS) is 17.8. The summed E-state index contributed by atoms with van der Waals surface area (Å²) in [5.41, 5.74) is 5.97. The molecule has 1 aliphatic rings. The molecule has 1 fully saturated rings. The first-order valence-corrected chi connectivity index (χ1v) is 7.04. The smallest absolute Gasteiger partial charge is 0.246 e. The van der Waals surface area contributed by atoms with Gasteiger partial charge in [-0.1, -0.05) is 13.3 Å². The van der Waals surface area contributed by atoms with Crippen molar-refractivity contribution in [3.05, 3.63) is 11.8 Å². The van der Waals surface area contributed by atoms with E-state index < -0.39 is 0 Å². The van der Waals surface area contributed by atoms with E-state index in [1.165, 1.54) is 0 Å². The topological polar surface area (TPSA) is 58.9 Å². The summed E-state index contributed by atoms with van der Waals surface area (Å²) in [6, 6.07) is 0. The van der Waals surface area contributed by atoms with Gasteiger partial charge in [-0.25, -0.2) is 0 Å². The first-order chi connectivity index (χ1) is 8.58. The molecule has 1 aliphatic heterocycles. The van der Waals surface area contributed by atoms with Crippen LogP contribution in [0.4, 0.5) is 0 Å². The molecule has 1 heterocycles. The second kappa shape index (κ2) is 10.2. The molecule has 1 unspecified atom stereocenters. The molecule has 0 aromatic heterocycles. The number of halogens is 1. The Hall–Kier alpha value is -0.740. The van der Waals surface area contributed by atoms with Gasteiger partial charge in [-0.05, 0) is 20.3 Å². The van der Waals surface area contributed by atoms with Crippen LogP contribution in [0.3, 0.4) is 0 Å². The van der Waals surface area contributed by atoms with Crippen LogP contribution in [0, 0.1) is 0 Å². The first kappa shape index (κ1) is 17.3. The third-order valence-corrected chi connectivity index (χ3v) is 2.91. The van der Waals surface area contributed by atoms with Crippen molar-refractivity contribution in [1.29, 1.82) is 0 Å². The Morgan fingerprint density at radius 3 is 2.22 bits per heavy atom. The maximum atomic E-state index is 11.0. The van der Waals surface area contributed by atoms with Gasteiger partial charge < -0.3 is 15.4 Å². The molecule has 4 nitrogen and oxygen atoms in total. The van der Waals surface area contributed by atoms with Gasteiger partial charge in [0.2, 0.25) is 5.91 Å². The molecule has 0 aromatic rings. The monoisotopic (exact) mass is 276 g/mol. The fourth-order valence-corrected chi connectivity index (χ4v) is 1.48. The number of carbonyl (C=O) groups is 1. The van der Waals surface area contributed by atoms with Crippen LogP contribution in [0.2, 0.25) is 0 Å². The molecule has 0 aromatic carbocycles. The number of ether oxygens (including phenoxy) is 1. The molecule has 18 heavy (non-hydrogen) atoms. The Labute approximate surface area is 115 Å². The Morgan fingerprint density at radius 2 is 2.00 bits per heavy atom. The van der Waals surface area contributed by atoms with Crippen molar-refractivity contribution in [3.63, 3.8) is 0 Å². The van der Waals surface area contributed by atoms with Gasteiger partial charge in [0.15, 0.2) is 0 Å². The molecular formula is C13H25ClN2O2. The van der Waals surface area contributed by atoms with Gasteiger partial charge in [0.05, 0.1) is 18.6 Å².